The fourth-order valence-electron chi connectivity index (χ4n) is 5.04. The van der Waals surface area contributed by atoms with E-state index in [0.29, 0.717) is 18.7 Å². The second kappa shape index (κ2) is 17.5. The van der Waals surface area contributed by atoms with Crippen molar-refractivity contribution in [2.45, 2.75) is 52.3 Å². The second-order valence-corrected chi connectivity index (χ2v) is 11.9. The number of carbonyl (C=O) groups is 2. The molecule has 0 saturated heterocycles. The van der Waals surface area contributed by atoms with Gasteiger partial charge in [0.25, 0.3) is 5.91 Å². The van der Waals surface area contributed by atoms with E-state index < -0.39 is 42.0 Å². The number of nitroso groups, excluding NO2 is 1. The Bertz CT molecular complexity index is 1810. The van der Waals surface area contributed by atoms with E-state index in [-0.39, 0.29) is 23.6 Å². The van der Waals surface area contributed by atoms with Crippen molar-refractivity contribution in [3.05, 3.63) is 81.3 Å². The van der Waals surface area contributed by atoms with E-state index in [1.807, 2.05) is 44.1 Å². The Morgan fingerprint density at radius 3 is 2.46 bits per heavy atom. The third kappa shape index (κ3) is 10.4. The number of ether oxygens (including phenoxy) is 1. The summed E-state index contributed by atoms with van der Waals surface area (Å²) in [6.07, 6.45) is -1.48. The number of alkyl halides is 3. The average molecular weight is 704 g/mol. The Balaban J connectivity index is 0.000000275. The number of nitrogens with one attached hydrogen (secondary N) is 2. The predicted molar refractivity (Wildman–Crippen MR) is 180 cm³/mol. The standard InChI is InChI=1S/C19H19FN4O3.C15H22F3N3O2/c1-10-4-5-15-14(9-24(3)22-15)18(10)12-6-11(2)19(20)13(7-12)16(21-23-27)8-17(25)26;1-4-5-8-19-13(22)11-6-7-12(15(16,17)18)20-14(11)23-10-9-21(2)3/h4-7,9,16H,8H2,1-3H3,(H,21,27)(H,25,26);6-7H,4-5,8-10H2,1-3H3,(H,19,22). The van der Waals surface area contributed by atoms with Crippen LogP contribution in [0.1, 0.15) is 65.0 Å². The Morgan fingerprint density at radius 1 is 1.12 bits per heavy atom. The third-order valence-corrected chi connectivity index (χ3v) is 7.53. The lowest BCUT2D eigenvalue weighted by atomic mass is 9.91. The number of aliphatic carboxylic acids is 1. The molecule has 0 bridgehead atoms. The maximum atomic E-state index is 14.7. The molecular formula is C34H41F4N7O5. The van der Waals surface area contributed by atoms with Crippen LogP contribution in [0.25, 0.3) is 22.0 Å². The minimum Gasteiger partial charge on any atom is -0.481 e. The molecule has 0 aliphatic carbocycles. The fourth-order valence-corrected chi connectivity index (χ4v) is 5.04. The highest BCUT2D eigenvalue weighted by Crippen LogP contribution is 2.36. The number of pyridine rings is 1. The number of aryl methyl sites for hydroxylation is 3. The van der Waals surface area contributed by atoms with Crippen molar-refractivity contribution in [3.63, 3.8) is 0 Å². The minimum absolute atomic E-state index is 0.00728. The zero-order valence-electron chi connectivity index (χ0n) is 28.7. The Morgan fingerprint density at radius 2 is 1.84 bits per heavy atom. The van der Waals surface area contributed by atoms with Crippen LogP contribution >= 0.6 is 0 Å². The van der Waals surface area contributed by atoms with E-state index in [4.69, 9.17) is 9.84 Å². The summed E-state index contributed by atoms with van der Waals surface area (Å²) >= 11 is 0. The highest BCUT2D eigenvalue weighted by molar-refractivity contribution is 5.97. The number of amides is 1. The highest BCUT2D eigenvalue weighted by Gasteiger charge is 2.34. The van der Waals surface area contributed by atoms with Gasteiger partial charge in [-0.3, -0.25) is 19.7 Å². The van der Waals surface area contributed by atoms with E-state index in [9.17, 15) is 32.1 Å². The number of likely N-dealkylation sites (N-methyl/N-ethyl adjacent to an activating group) is 1. The molecule has 12 nitrogen and oxygen atoms in total. The van der Waals surface area contributed by atoms with Crippen molar-refractivity contribution < 1.29 is 37.0 Å². The van der Waals surface area contributed by atoms with Crippen molar-refractivity contribution in [3.8, 4) is 17.0 Å². The summed E-state index contributed by atoms with van der Waals surface area (Å²) in [5.41, 5.74) is 4.92. The maximum absolute atomic E-state index is 14.7. The molecule has 4 rings (SSSR count). The van der Waals surface area contributed by atoms with Gasteiger partial charge in [0.2, 0.25) is 5.88 Å². The molecule has 0 fully saturated rings. The van der Waals surface area contributed by atoms with E-state index >= 15 is 0 Å². The van der Waals surface area contributed by atoms with Crippen molar-refractivity contribution >= 4 is 22.8 Å². The van der Waals surface area contributed by atoms with Crippen LogP contribution in [0.3, 0.4) is 0 Å². The molecule has 16 heteroatoms. The molecule has 0 saturated carbocycles. The van der Waals surface area contributed by atoms with Crippen LogP contribution in [0.15, 0.2) is 47.9 Å². The van der Waals surface area contributed by atoms with Crippen LogP contribution in [-0.4, -0.2) is 70.4 Å². The van der Waals surface area contributed by atoms with E-state index in [2.05, 4.69) is 26.1 Å². The summed E-state index contributed by atoms with van der Waals surface area (Å²) in [6.45, 7) is 6.60. The molecule has 0 spiro atoms. The number of benzene rings is 2. The first-order valence-corrected chi connectivity index (χ1v) is 15.7. The molecule has 4 aromatic rings. The van der Waals surface area contributed by atoms with Crippen molar-refractivity contribution in [1.29, 1.82) is 0 Å². The van der Waals surface area contributed by atoms with Crippen LogP contribution < -0.4 is 15.5 Å². The molecule has 1 atom stereocenters. The molecule has 50 heavy (non-hydrogen) atoms. The van der Waals surface area contributed by atoms with Crippen LogP contribution in [0.2, 0.25) is 0 Å². The lowest BCUT2D eigenvalue weighted by molar-refractivity contribution is -0.141. The summed E-state index contributed by atoms with van der Waals surface area (Å²) in [5, 5.41) is 19.6. The molecule has 270 valence electrons. The number of aromatic nitrogens is 3. The molecular weight excluding hydrogens is 662 g/mol. The number of hydrogen-bond acceptors (Lipinski definition) is 8. The van der Waals surface area contributed by atoms with Gasteiger partial charge in [0, 0.05) is 37.3 Å². The number of unbranched alkanes of at least 4 members (excludes halogenated alkanes) is 1. The van der Waals surface area contributed by atoms with Gasteiger partial charge in [-0.1, -0.05) is 19.4 Å². The second-order valence-electron chi connectivity index (χ2n) is 11.9. The van der Waals surface area contributed by atoms with E-state index in [1.165, 1.54) is 0 Å². The van der Waals surface area contributed by atoms with Crippen molar-refractivity contribution in [2.24, 2.45) is 12.3 Å². The Kier molecular flexibility index (Phi) is 13.8. The number of carbonyl (C=O) groups excluding carboxylic acids is 1. The number of carboxylic acid groups (broad SMARTS) is 1. The average Bonchev–Trinajstić information content (AvgIpc) is 3.41. The largest absolute Gasteiger partial charge is 0.481 e. The summed E-state index contributed by atoms with van der Waals surface area (Å²) in [4.78, 5) is 39.1. The summed E-state index contributed by atoms with van der Waals surface area (Å²) in [7, 11) is 5.44. The van der Waals surface area contributed by atoms with Gasteiger partial charge in [-0.15, -0.1) is 4.91 Å². The minimum atomic E-state index is -4.59. The van der Waals surface area contributed by atoms with Gasteiger partial charge in [-0.2, -0.15) is 18.3 Å². The van der Waals surface area contributed by atoms with Gasteiger partial charge in [0.1, 0.15) is 23.7 Å². The van der Waals surface area contributed by atoms with Crippen LogP contribution in [0.4, 0.5) is 17.6 Å². The number of hydrogen-bond donors (Lipinski definition) is 3. The first-order chi connectivity index (χ1) is 23.6. The third-order valence-electron chi connectivity index (χ3n) is 7.53. The fraction of sp³-hybridized carbons (Fsp3) is 0.412. The predicted octanol–water partition coefficient (Wildman–Crippen LogP) is 6.35. The number of fused-ring (bicyclic) bond motifs is 1. The summed E-state index contributed by atoms with van der Waals surface area (Å²) < 4.78 is 60.1. The zero-order valence-corrected chi connectivity index (χ0v) is 28.7. The van der Waals surface area contributed by atoms with Crippen molar-refractivity contribution in [2.75, 3.05) is 33.8 Å². The maximum Gasteiger partial charge on any atom is 0.433 e. The number of halogens is 4. The molecule has 0 aliphatic rings. The molecule has 2 aromatic carbocycles. The molecule has 0 aliphatic heterocycles. The van der Waals surface area contributed by atoms with Gasteiger partial charge in [0.15, 0.2) is 0 Å². The van der Waals surface area contributed by atoms with Crippen LogP contribution in [-0.2, 0) is 18.0 Å². The molecule has 1 unspecified atom stereocenters. The van der Waals surface area contributed by atoms with Gasteiger partial charge in [-0.05, 0) is 86.9 Å². The van der Waals surface area contributed by atoms with Gasteiger partial charge < -0.3 is 20.1 Å². The molecule has 2 aromatic heterocycles. The summed E-state index contributed by atoms with van der Waals surface area (Å²) in [5.74, 6) is -2.50. The number of rotatable bonds is 14. The molecule has 3 N–H and O–H groups in total. The van der Waals surface area contributed by atoms with Gasteiger partial charge in [0.05, 0.1) is 23.3 Å². The van der Waals surface area contributed by atoms with Crippen LogP contribution in [0, 0.1) is 24.6 Å². The topological polar surface area (TPSA) is 151 Å². The zero-order chi connectivity index (χ0) is 37.2. The Hall–Kier alpha value is -5.12. The number of carboxylic acids is 1. The van der Waals surface area contributed by atoms with Crippen molar-refractivity contribution in [1.82, 2.24) is 30.4 Å². The molecule has 2 heterocycles. The van der Waals surface area contributed by atoms with Crippen LogP contribution in [0.5, 0.6) is 5.88 Å². The lowest BCUT2D eigenvalue weighted by Crippen LogP contribution is -2.26. The highest BCUT2D eigenvalue weighted by atomic mass is 19.4. The number of nitrogens with zero attached hydrogens (tertiary/aromatic N) is 5. The van der Waals surface area contributed by atoms with Gasteiger partial charge in [-0.25, -0.2) is 9.37 Å². The molecule has 1 amide bonds. The first kappa shape index (κ1) is 39.3. The molecule has 0 radical (unpaired) electrons. The normalized spacial score (nSPS) is 11.9. The SMILES string of the molecule is CCCCNC(=O)c1ccc(C(F)(F)F)nc1OCCN(C)C.Cc1cc(-c2c(C)ccc3nn(C)cc23)cc(C(CC(=O)O)NN=O)c1F. The smallest absolute Gasteiger partial charge is 0.433 e. The first-order valence-electron chi connectivity index (χ1n) is 15.7. The van der Waals surface area contributed by atoms with Gasteiger partial charge >= 0.3 is 12.1 Å². The van der Waals surface area contributed by atoms with E-state index in [1.54, 1.807) is 37.8 Å². The Labute approximate surface area is 286 Å². The lowest BCUT2D eigenvalue weighted by Gasteiger charge is -2.18. The summed E-state index contributed by atoms with van der Waals surface area (Å²) in [6, 6.07) is 7.95. The van der Waals surface area contributed by atoms with E-state index in [0.717, 1.165) is 52.6 Å². The monoisotopic (exact) mass is 703 g/mol. The quantitative estimate of drug-likeness (QED) is 0.0591.